The lowest BCUT2D eigenvalue weighted by atomic mass is 9.91. The first-order chi connectivity index (χ1) is 10.7. The van der Waals surface area contributed by atoms with Crippen LogP contribution in [-0.4, -0.2) is 47.7 Å². The monoisotopic (exact) mass is 323 g/mol. The number of carbonyl (C=O) groups excluding carboxylic acids is 1. The van der Waals surface area contributed by atoms with Gasteiger partial charge in [-0.05, 0) is 53.7 Å². The summed E-state index contributed by atoms with van der Waals surface area (Å²) in [4.78, 5) is 14.6. The molecule has 1 aromatic rings. The second-order valence-electron chi connectivity index (χ2n) is 7.43. The zero-order valence-corrected chi connectivity index (χ0v) is 15.1. The quantitative estimate of drug-likeness (QED) is 0.752. The number of ether oxygens (including phenoxy) is 2. The molecule has 1 aliphatic heterocycles. The van der Waals surface area contributed by atoms with Crippen LogP contribution in [0.15, 0.2) is 16.5 Å². The Morgan fingerprint density at radius 2 is 1.87 bits per heavy atom. The van der Waals surface area contributed by atoms with Crippen LogP contribution in [0.1, 0.15) is 57.9 Å². The minimum Gasteiger partial charge on any atom is -0.457 e. The van der Waals surface area contributed by atoms with Gasteiger partial charge >= 0.3 is 0 Å². The minimum absolute atomic E-state index is 0.0860. The molecule has 1 aromatic heterocycles. The van der Waals surface area contributed by atoms with Crippen LogP contribution in [0, 0.1) is 0 Å². The van der Waals surface area contributed by atoms with E-state index >= 15 is 0 Å². The van der Waals surface area contributed by atoms with E-state index in [4.69, 9.17) is 13.9 Å². The van der Waals surface area contributed by atoms with Gasteiger partial charge in [0.25, 0.3) is 0 Å². The first-order valence-corrected chi connectivity index (χ1v) is 8.27. The van der Waals surface area contributed by atoms with Gasteiger partial charge < -0.3 is 13.9 Å². The Hall–Kier alpha value is -1.17. The number of furan rings is 1. The fourth-order valence-corrected chi connectivity index (χ4v) is 3.23. The smallest absolute Gasteiger partial charge is 0.226 e. The van der Waals surface area contributed by atoms with Gasteiger partial charge in [-0.1, -0.05) is 0 Å². The van der Waals surface area contributed by atoms with Crippen molar-refractivity contribution in [2.75, 3.05) is 19.8 Å². The Balaban J connectivity index is 2.13. The first kappa shape index (κ1) is 18.2. The second kappa shape index (κ2) is 6.75. The molecule has 5 nitrogen and oxygen atoms in total. The van der Waals surface area contributed by atoms with Gasteiger partial charge in [0.05, 0.1) is 19.8 Å². The standard InChI is InChI=1S/C18H29NO4/c1-7-22-13(2)16(20)15-9-8-14(23-15)10-19-17(3,4)11-21-12-18(19,5)6/h8-9,13H,7,10-12H2,1-6H3. The van der Waals surface area contributed by atoms with E-state index in [1.807, 2.05) is 13.0 Å². The highest BCUT2D eigenvalue weighted by atomic mass is 16.5. The molecule has 1 aliphatic rings. The highest BCUT2D eigenvalue weighted by Gasteiger charge is 2.42. The molecule has 0 radical (unpaired) electrons. The van der Waals surface area contributed by atoms with Gasteiger partial charge in [-0.25, -0.2) is 0 Å². The van der Waals surface area contributed by atoms with Crippen LogP contribution in [-0.2, 0) is 16.0 Å². The van der Waals surface area contributed by atoms with E-state index in [1.54, 1.807) is 13.0 Å². The molecule has 0 N–H and O–H groups in total. The molecule has 1 atom stereocenters. The van der Waals surface area contributed by atoms with Gasteiger partial charge in [-0.15, -0.1) is 0 Å². The lowest BCUT2D eigenvalue weighted by Gasteiger charge is -2.52. The Morgan fingerprint density at radius 3 is 2.43 bits per heavy atom. The summed E-state index contributed by atoms with van der Waals surface area (Å²) in [6.45, 7) is 14.8. The molecule has 0 bridgehead atoms. The summed E-state index contributed by atoms with van der Waals surface area (Å²) in [5.74, 6) is 1.04. The average molecular weight is 323 g/mol. The largest absolute Gasteiger partial charge is 0.457 e. The third kappa shape index (κ3) is 4.03. The van der Waals surface area contributed by atoms with Crippen molar-refractivity contribution >= 4 is 5.78 Å². The van der Waals surface area contributed by atoms with Crippen molar-refractivity contribution in [3.63, 3.8) is 0 Å². The van der Waals surface area contributed by atoms with Crippen LogP contribution in [0.25, 0.3) is 0 Å². The van der Waals surface area contributed by atoms with Crippen molar-refractivity contribution in [1.82, 2.24) is 4.90 Å². The zero-order chi connectivity index (χ0) is 17.3. The van der Waals surface area contributed by atoms with Crippen LogP contribution < -0.4 is 0 Å². The Kier molecular flexibility index (Phi) is 5.33. The Labute approximate surface area is 138 Å². The van der Waals surface area contributed by atoms with Gasteiger partial charge in [0.15, 0.2) is 5.76 Å². The van der Waals surface area contributed by atoms with Crippen molar-refractivity contribution in [2.24, 2.45) is 0 Å². The maximum atomic E-state index is 12.2. The van der Waals surface area contributed by atoms with E-state index in [1.165, 1.54) is 0 Å². The number of morpholine rings is 1. The van der Waals surface area contributed by atoms with E-state index in [0.29, 0.717) is 32.1 Å². The number of hydrogen-bond acceptors (Lipinski definition) is 5. The molecule has 130 valence electrons. The van der Waals surface area contributed by atoms with E-state index in [2.05, 4.69) is 32.6 Å². The number of rotatable bonds is 6. The van der Waals surface area contributed by atoms with Gasteiger partial charge in [0, 0.05) is 17.7 Å². The molecule has 2 rings (SSSR count). The molecule has 0 aromatic carbocycles. The SMILES string of the molecule is CCOC(C)C(=O)c1ccc(CN2C(C)(C)COCC2(C)C)o1. The summed E-state index contributed by atoms with van der Waals surface area (Å²) in [6, 6.07) is 3.63. The van der Waals surface area contributed by atoms with Gasteiger partial charge in [-0.3, -0.25) is 9.69 Å². The van der Waals surface area contributed by atoms with Crippen LogP contribution >= 0.6 is 0 Å². The van der Waals surface area contributed by atoms with Crippen LogP contribution in [0.2, 0.25) is 0 Å². The topological polar surface area (TPSA) is 51.9 Å². The lowest BCUT2D eigenvalue weighted by Crippen LogP contribution is -2.62. The molecule has 0 spiro atoms. The van der Waals surface area contributed by atoms with Gasteiger partial charge in [-0.2, -0.15) is 0 Å². The molecule has 1 fully saturated rings. The van der Waals surface area contributed by atoms with E-state index in [0.717, 1.165) is 5.76 Å². The maximum absolute atomic E-state index is 12.2. The zero-order valence-electron chi connectivity index (χ0n) is 15.1. The van der Waals surface area contributed by atoms with Crippen molar-refractivity contribution in [1.29, 1.82) is 0 Å². The van der Waals surface area contributed by atoms with Crippen molar-refractivity contribution < 1.29 is 18.7 Å². The summed E-state index contributed by atoms with van der Waals surface area (Å²) in [5, 5.41) is 0. The highest BCUT2D eigenvalue weighted by Crippen LogP contribution is 2.32. The number of Topliss-reactive ketones (excluding diaryl/α,β-unsaturated/α-hetero) is 1. The molecule has 0 aliphatic carbocycles. The molecule has 0 saturated carbocycles. The normalized spacial score (nSPS) is 22.0. The van der Waals surface area contributed by atoms with Crippen molar-refractivity contribution in [3.8, 4) is 0 Å². The predicted molar refractivity (Wildman–Crippen MR) is 88.6 cm³/mol. The fraction of sp³-hybridized carbons (Fsp3) is 0.722. The molecule has 1 unspecified atom stereocenters. The number of ketones is 1. The Bertz CT molecular complexity index is 531. The van der Waals surface area contributed by atoms with Crippen LogP contribution in [0.5, 0.6) is 0 Å². The van der Waals surface area contributed by atoms with Crippen LogP contribution in [0.4, 0.5) is 0 Å². The number of hydrogen-bond donors (Lipinski definition) is 0. The van der Waals surface area contributed by atoms with E-state index in [9.17, 15) is 4.79 Å². The molecular weight excluding hydrogens is 294 g/mol. The first-order valence-electron chi connectivity index (χ1n) is 8.27. The minimum atomic E-state index is -0.477. The predicted octanol–water partition coefficient (Wildman–Crippen LogP) is 3.28. The second-order valence-corrected chi connectivity index (χ2v) is 7.43. The van der Waals surface area contributed by atoms with Crippen molar-refractivity contribution in [2.45, 2.75) is 65.3 Å². The molecule has 23 heavy (non-hydrogen) atoms. The summed E-state index contributed by atoms with van der Waals surface area (Å²) in [6.07, 6.45) is -0.477. The third-order valence-electron chi connectivity index (χ3n) is 4.38. The average Bonchev–Trinajstić information content (AvgIpc) is 2.90. The molecule has 5 heteroatoms. The Morgan fingerprint density at radius 1 is 1.26 bits per heavy atom. The summed E-state index contributed by atoms with van der Waals surface area (Å²) in [5.41, 5.74) is -0.172. The lowest BCUT2D eigenvalue weighted by molar-refractivity contribution is -0.133. The summed E-state index contributed by atoms with van der Waals surface area (Å²) >= 11 is 0. The molecule has 1 saturated heterocycles. The van der Waals surface area contributed by atoms with Crippen LogP contribution in [0.3, 0.4) is 0 Å². The summed E-state index contributed by atoms with van der Waals surface area (Å²) in [7, 11) is 0. The van der Waals surface area contributed by atoms with Gasteiger partial charge in [0.1, 0.15) is 11.9 Å². The number of carbonyl (C=O) groups is 1. The molecule has 2 heterocycles. The van der Waals surface area contributed by atoms with Gasteiger partial charge in [0.2, 0.25) is 5.78 Å². The third-order valence-corrected chi connectivity index (χ3v) is 4.38. The maximum Gasteiger partial charge on any atom is 0.226 e. The molecule has 0 amide bonds. The van der Waals surface area contributed by atoms with E-state index < -0.39 is 6.10 Å². The fourth-order valence-electron chi connectivity index (χ4n) is 3.23. The van der Waals surface area contributed by atoms with Crippen molar-refractivity contribution in [3.05, 3.63) is 23.7 Å². The number of nitrogens with zero attached hydrogens (tertiary/aromatic N) is 1. The molecular formula is C18H29NO4. The summed E-state index contributed by atoms with van der Waals surface area (Å²) < 4.78 is 16.9. The van der Waals surface area contributed by atoms with E-state index in [-0.39, 0.29) is 16.9 Å². The highest BCUT2D eigenvalue weighted by molar-refractivity contribution is 5.96.